The molecule has 0 amide bonds. The summed E-state index contributed by atoms with van der Waals surface area (Å²) in [7, 11) is 1.35. The van der Waals surface area contributed by atoms with Crippen LogP contribution in [0.2, 0.25) is 0 Å². The average molecular weight is 211 g/mol. The molecule has 0 atom stereocenters. The van der Waals surface area contributed by atoms with Crippen molar-refractivity contribution in [3.63, 3.8) is 0 Å². The molecule has 0 saturated heterocycles. The second-order valence-electron chi connectivity index (χ2n) is 2.66. The number of rotatable bonds is 5. The van der Waals surface area contributed by atoms with E-state index in [2.05, 4.69) is 25.4 Å². The Balaban J connectivity index is 2.40. The first kappa shape index (κ1) is 11.2. The summed E-state index contributed by atoms with van der Waals surface area (Å²) in [5, 5.41) is 2.94. The van der Waals surface area contributed by atoms with Gasteiger partial charge in [0.15, 0.2) is 0 Å². The second kappa shape index (κ2) is 5.76. The predicted octanol–water partition coefficient (Wildman–Crippen LogP) is -0.263. The van der Waals surface area contributed by atoms with Gasteiger partial charge in [0.1, 0.15) is 5.82 Å². The highest BCUT2D eigenvalue weighted by Crippen LogP contribution is 2.04. The minimum atomic E-state index is -0.270. The molecule has 0 radical (unpaired) electrons. The van der Waals surface area contributed by atoms with Gasteiger partial charge in [0, 0.05) is 12.7 Å². The maximum atomic E-state index is 10.8. The van der Waals surface area contributed by atoms with Crippen LogP contribution in [0, 0.1) is 0 Å². The van der Waals surface area contributed by atoms with Crippen LogP contribution in [-0.4, -0.2) is 29.6 Å². The van der Waals surface area contributed by atoms with Gasteiger partial charge in [0.05, 0.1) is 13.5 Å². The van der Waals surface area contributed by atoms with E-state index in [0.717, 1.165) is 0 Å². The van der Waals surface area contributed by atoms with Gasteiger partial charge in [-0.25, -0.2) is 10.8 Å². The molecule has 0 unspecified atom stereocenters. The summed E-state index contributed by atoms with van der Waals surface area (Å²) < 4.78 is 4.49. The molecule has 0 aliphatic rings. The van der Waals surface area contributed by atoms with Crippen LogP contribution in [0.4, 0.5) is 11.8 Å². The number of ether oxygens (including phenoxy) is 1. The van der Waals surface area contributed by atoms with E-state index in [4.69, 9.17) is 5.84 Å². The summed E-state index contributed by atoms with van der Waals surface area (Å²) in [6.45, 7) is 0.452. The van der Waals surface area contributed by atoms with Crippen molar-refractivity contribution in [2.75, 3.05) is 24.4 Å². The Morgan fingerprint density at radius 2 is 2.47 bits per heavy atom. The first-order valence-corrected chi connectivity index (χ1v) is 4.36. The Bertz CT molecular complexity index is 331. The second-order valence-corrected chi connectivity index (χ2v) is 2.66. The number of nitrogen functional groups attached to an aromatic ring is 1. The smallest absolute Gasteiger partial charge is 0.307 e. The highest BCUT2D eigenvalue weighted by Gasteiger charge is 2.00. The van der Waals surface area contributed by atoms with E-state index in [-0.39, 0.29) is 12.4 Å². The van der Waals surface area contributed by atoms with Crippen LogP contribution in [0.25, 0.3) is 0 Å². The lowest BCUT2D eigenvalue weighted by Gasteiger charge is -2.05. The first-order chi connectivity index (χ1) is 7.26. The fourth-order valence-electron chi connectivity index (χ4n) is 0.921. The first-order valence-electron chi connectivity index (χ1n) is 4.36. The molecule has 0 spiro atoms. The third-order valence-electron chi connectivity index (χ3n) is 1.65. The summed E-state index contributed by atoms with van der Waals surface area (Å²) in [5.41, 5.74) is 2.32. The molecule has 7 nitrogen and oxygen atoms in total. The van der Waals surface area contributed by atoms with Crippen LogP contribution < -0.4 is 16.6 Å². The Labute approximate surface area is 87.0 Å². The molecule has 4 N–H and O–H groups in total. The molecule has 1 rings (SSSR count). The Morgan fingerprint density at radius 3 is 3.13 bits per heavy atom. The third-order valence-corrected chi connectivity index (χ3v) is 1.65. The number of aromatic nitrogens is 2. The van der Waals surface area contributed by atoms with E-state index in [1.807, 2.05) is 0 Å². The lowest BCUT2D eigenvalue weighted by Crippen LogP contribution is -2.13. The molecule has 1 aromatic rings. The number of nitrogens with two attached hydrogens (primary N) is 1. The van der Waals surface area contributed by atoms with Crippen molar-refractivity contribution >= 4 is 17.7 Å². The van der Waals surface area contributed by atoms with Crippen molar-refractivity contribution in [2.24, 2.45) is 5.84 Å². The number of carbonyl (C=O) groups excluding carboxylic acids is 1. The van der Waals surface area contributed by atoms with Gasteiger partial charge in [-0.15, -0.1) is 0 Å². The molecule has 0 saturated carbocycles. The zero-order valence-electron chi connectivity index (χ0n) is 8.36. The molecular weight excluding hydrogens is 198 g/mol. The maximum absolute atomic E-state index is 10.8. The van der Waals surface area contributed by atoms with E-state index in [9.17, 15) is 4.79 Å². The minimum Gasteiger partial charge on any atom is -0.469 e. The number of hydrogen-bond acceptors (Lipinski definition) is 7. The fraction of sp³-hybridized carbons (Fsp3) is 0.375. The summed E-state index contributed by atoms with van der Waals surface area (Å²) in [6.07, 6.45) is 1.84. The lowest BCUT2D eigenvalue weighted by atomic mass is 10.4. The minimum absolute atomic E-state index is 0.270. The monoisotopic (exact) mass is 211 g/mol. The third kappa shape index (κ3) is 3.77. The van der Waals surface area contributed by atoms with Crippen LogP contribution >= 0.6 is 0 Å². The quantitative estimate of drug-likeness (QED) is 0.350. The van der Waals surface area contributed by atoms with Crippen LogP contribution in [0.15, 0.2) is 12.3 Å². The summed E-state index contributed by atoms with van der Waals surface area (Å²) in [5.74, 6) is 5.79. The molecule has 0 fully saturated rings. The van der Waals surface area contributed by atoms with E-state index < -0.39 is 0 Å². The number of carbonyl (C=O) groups is 1. The molecular formula is C8H13N5O2. The Morgan fingerprint density at radius 1 is 1.67 bits per heavy atom. The van der Waals surface area contributed by atoms with Crippen molar-refractivity contribution < 1.29 is 9.53 Å². The van der Waals surface area contributed by atoms with Crippen molar-refractivity contribution in [1.82, 2.24) is 9.97 Å². The van der Waals surface area contributed by atoms with Gasteiger partial charge >= 0.3 is 5.97 Å². The van der Waals surface area contributed by atoms with Crippen molar-refractivity contribution in [3.05, 3.63) is 12.3 Å². The van der Waals surface area contributed by atoms with Gasteiger partial charge in [-0.05, 0) is 6.07 Å². The van der Waals surface area contributed by atoms with Gasteiger partial charge in [-0.1, -0.05) is 0 Å². The van der Waals surface area contributed by atoms with Crippen molar-refractivity contribution in [1.29, 1.82) is 0 Å². The number of hydrazine groups is 1. The SMILES string of the molecule is COC(=O)CCNc1ccnc(NN)n1. The molecule has 15 heavy (non-hydrogen) atoms. The van der Waals surface area contributed by atoms with Crippen LogP contribution in [-0.2, 0) is 9.53 Å². The van der Waals surface area contributed by atoms with Gasteiger partial charge < -0.3 is 10.1 Å². The average Bonchev–Trinajstić information content (AvgIpc) is 2.29. The summed E-state index contributed by atoms with van der Waals surface area (Å²) in [4.78, 5) is 18.6. The molecule has 1 aromatic heterocycles. The Kier molecular flexibility index (Phi) is 4.30. The van der Waals surface area contributed by atoms with Gasteiger partial charge in [0.2, 0.25) is 5.95 Å². The highest BCUT2D eigenvalue weighted by molar-refractivity contribution is 5.69. The lowest BCUT2D eigenvalue weighted by molar-refractivity contribution is -0.140. The molecule has 0 bridgehead atoms. The number of nitrogens with zero attached hydrogens (tertiary/aromatic N) is 2. The largest absolute Gasteiger partial charge is 0.469 e. The van der Waals surface area contributed by atoms with Gasteiger partial charge in [-0.3, -0.25) is 10.2 Å². The normalized spacial score (nSPS) is 9.47. The fourth-order valence-corrected chi connectivity index (χ4v) is 0.921. The highest BCUT2D eigenvalue weighted by atomic mass is 16.5. The molecule has 0 aliphatic carbocycles. The maximum Gasteiger partial charge on any atom is 0.307 e. The molecule has 0 aliphatic heterocycles. The van der Waals surface area contributed by atoms with Crippen LogP contribution in [0.1, 0.15) is 6.42 Å². The molecule has 0 aromatic carbocycles. The number of hydrogen-bond donors (Lipinski definition) is 3. The standard InChI is InChI=1S/C8H13N5O2/c1-15-7(14)3-5-10-6-2-4-11-8(12-6)13-9/h2,4H,3,5,9H2,1H3,(H2,10,11,12,13). The number of nitrogens with one attached hydrogen (secondary N) is 2. The van der Waals surface area contributed by atoms with E-state index in [1.54, 1.807) is 12.3 Å². The summed E-state index contributed by atoms with van der Waals surface area (Å²) in [6, 6.07) is 1.68. The summed E-state index contributed by atoms with van der Waals surface area (Å²) >= 11 is 0. The number of methoxy groups -OCH3 is 1. The molecule has 7 heteroatoms. The van der Waals surface area contributed by atoms with E-state index in [0.29, 0.717) is 18.3 Å². The van der Waals surface area contributed by atoms with E-state index in [1.165, 1.54) is 7.11 Å². The van der Waals surface area contributed by atoms with Gasteiger partial charge in [0.25, 0.3) is 0 Å². The van der Waals surface area contributed by atoms with Crippen molar-refractivity contribution in [3.8, 4) is 0 Å². The van der Waals surface area contributed by atoms with Crippen LogP contribution in [0.3, 0.4) is 0 Å². The zero-order chi connectivity index (χ0) is 11.1. The topological polar surface area (TPSA) is 102 Å². The van der Waals surface area contributed by atoms with Crippen molar-refractivity contribution in [2.45, 2.75) is 6.42 Å². The van der Waals surface area contributed by atoms with Crippen LogP contribution in [0.5, 0.6) is 0 Å². The number of anilines is 2. The number of esters is 1. The Hall–Kier alpha value is -1.89. The molecule has 1 heterocycles. The molecule has 82 valence electrons. The zero-order valence-corrected chi connectivity index (χ0v) is 8.36. The van der Waals surface area contributed by atoms with Gasteiger partial charge in [-0.2, -0.15) is 4.98 Å². The predicted molar refractivity (Wildman–Crippen MR) is 55.0 cm³/mol. The van der Waals surface area contributed by atoms with E-state index >= 15 is 0 Å².